The number of carbonyl (C=O) groups is 2. The molecule has 1 fully saturated rings. The minimum Gasteiger partial charge on any atom is -0.481 e. The number of carbonyl (C=O) groups excluding carboxylic acids is 1. The fraction of sp³-hybridized carbons (Fsp3) is 0.385. The van der Waals surface area contributed by atoms with Gasteiger partial charge in [-0.15, -0.1) is 0 Å². The third-order valence-corrected chi connectivity index (χ3v) is 3.51. The van der Waals surface area contributed by atoms with Crippen molar-refractivity contribution < 1.29 is 23.5 Å². The third-order valence-electron chi connectivity index (χ3n) is 3.51. The van der Waals surface area contributed by atoms with Gasteiger partial charge in [-0.05, 0) is 17.5 Å². The highest BCUT2D eigenvalue weighted by atomic mass is 19.1. The van der Waals surface area contributed by atoms with Crippen LogP contribution in [0.5, 0.6) is 0 Å². The molecule has 0 bridgehead atoms. The van der Waals surface area contributed by atoms with Gasteiger partial charge in [0.05, 0.1) is 11.8 Å². The highest BCUT2D eigenvalue weighted by Gasteiger charge is 2.65. The van der Waals surface area contributed by atoms with Crippen LogP contribution >= 0.6 is 0 Å². The quantitative estimate of drug-likeness (QED) is 0.884. The van der Waals surface area contributed by atoms with E-state index in [1.165, 1.54) is 0 Å². The molecular weight excluding hydrogens is 256 g/mol. The highest BCUT2D eigenvalue weighted by Crippen LogP contribution is 2.58. The first-order valence-corrected chi connectivity index (χ1v) is 5.73. The minimum atomic E-state index is -1.05. The van der Waals surface area contributed by atoms with E-state index in [0.29, 0.717) is 6.07 Å². The fourth-order valence-corrected chi connectivity index (χ4v) is 2.43. The molecule has 0 radical (unpaired) electrons. The Labute approximate surface area is 108 Å². The molecule has 0 unspecified atom stereocenters. The van der Waals surface area contributed by atoms with Crippen LogP contribution in [0.15, 0.2) is 18.2 Å². The van der Waals surface area contributed by atoms with E-state index in [0.717, 1.165) is 12.1 Å². The van der Waals surface area contributed by atoms with Gasteiger partial charge in [0.2, 0.25) is 5.91 Å². The molecule has 0 aliphatic heterocycles. The van der Waals surface area contributed by atoms with Crippen LogP contribution in [-0.2, 0) is 9.59 Å². The van der Waals surface area contributed by atoms with Crippen molar-refractivity contribution in [2.24, 2.45) is 17.3 Å². The number of aliphatic carboxylic acids is 1. The number of nitrogens with one attached hydrogen (secondary N) is 1. The van der Waals surface area contributed by atoms with E-state index in [2.05, 4.69) is 5.32 Å². The summed E-state index contributed by atoms with van der Waals surface area (Å²) >= 11 is 0. The first-order chi connectivity index (χ1) is 8.73. The lowest BCUT2D eigenvalue weighted by molar-refractivity contribution is -0.140. The Balaban J connectivity index is 2.13. The molecule has 1 saturated carbocycles. The predicted molar refractivity (Wildman–Crippen MR) is 63.4 cm³/mol. The maximum atomic E-state index is 13.0. The number of hydrogen-bond acceptors (Lipinski definition) is 2. The largest absolute Gasteiger partial charge is 0.481 e. The summed E-state index contributed by atoms with van der Waals surface area (Å²) in [7, 11) is 0. The molecule has 1 aliphatic rings. The van der Waals surface area contributed by atoms with Gasteiger partial charge in [-0.2, -0.15) is 0 Å². The first-order valence-electron chi connectivity index (χ1n) is 5.73. The Hall–Kier alpha value is -1.98. The lowest BCUT2D eigenvalue weighted by Gasteiger charge is -2.06. The normalized spacial score (nSPS) is 23.8. The summed E-state index contributed by atoms with van der Waals surface area (Å²) in [5.74, 6) is -4.67. The summed E-state index contributed by atoms with van der Waals surface area (Å²) in [6.07, 6.45) is 0. The van der Waals surface area contributed by atoms with Crippen molar-refractivity contribution in [2.75, 3.05) is 5.32 Å². The molecule has 1 aliphatic carbocycles. The molecule has 2 rings (SSSR count). The van der Waals surface area contributed by atoms with E-state index in [1.807, 2.05) is 0 Å². The maximum absolute atomic E-state index is 13.0. The zero-order chi connectivity index (χ0) is 14.4. The van der Waals surface area contributed by atoms with Crippen molar-refractivity contribution in [1.29, 1.82) is 0 Å². The summed E-state index contributed by atoms with van der Waals surface area (Å²) in [5.41, 5.74) is -0.670. The molecule has 6 heteroatoms. The number of anilines is 1. The second kappa shape index (κ2) is 4.29. The number of carboxylic acid groups (broad SMARTS) is 1. The Bertz CT molecular complexity index is 537. The standard InChI is InChI=1S/C13H13F2NO3/c1-13(2)9(10(13)12(18)19)11(17)16-8-4-6(14)3-7(15)5-8/h3-5,9-10H,1-2H3,(H,16,17)(H,18,19)/t9-,10+/m1/s1. The van der Waals surface area contributed by atoms with Gasteiger partial charge >= 0.3 is 5.97 Å². The van der Waals surface area contributed by atoms with E-state index in [-0.39, 0.29) is 5.69 Å². The van der Waals surface area contributed by atoms with E-state index in [1.54, 1.807) is 13.8 Å². The smallest absolute Gasteiger partial charge is 0.307 e. The van der Waals surface area contributed by atoms with Gasteiger partial charge in [0.15, 0.2) is 0 Å². The molecule has 2 N–H and O–H groups in total. The van der Waals surface area contributed by atoms with Gasteiger partial charge in [-0.1, -0.05) is 13.8 Å². The molecule has 1 amide bonds. The SMILES string of the molecule is CC1(C)[C@H](C(=O)O)[C@@H]1C(=O)Nc1cc(F)cc(F)c1. The zero-order valence-corrected chi connectivity index (χ0v) is 10.4. The molecule has 4 nitrogen and oxygen atoms in total. The second-order valence-electron chi connectivity index (χ2n) is 5.26. The van der Waals surface area contributed by atoms with E-state index < -0.39 is 40.8 Å². The van der Waals surface area contributed by atoms with Crippen molar-refractivity contribution in [1.82, 2.24) is 0 Å². The average molecular weight is 269 g/mol. The van der Waals surface area contributed by atoms with Crippen LogP contribution in [-0.4, -0.2) is 17.0 Å². The Kier molecular flexibility index (Phi) is 3.04. The van der Waals surface area contributed by atoms with E-state index in [4.69, 9.17) is 5.11 Å². The molecule has 102 valence electrons. The fourth-order valence-electron chi connectivity index (χ4n) is 2.43. The lowest BCUT2D eigenvalue weighted by atomic mass is 10.1. The average Bonchev–Trinajstić information content (AvgIpc) is 2.80. The van der Waals surface area contributed by atoms with Crippen molar-refractivity contribution in [3.8, 4) is 0 Å². The Morgan fingerprint density at radius 3 is 2.11 bits per heavy atom. The number of rotatable bonds is 3. The predicted octanol–water partition coefficient (Wildman–Crippen LogP) is 2.26. The van der Waals surface area contributed by atoms with Gasteiger partial charge < -0.3 is 10.4 Å². The third kappa shape index (κ3) is 2.43. The maximum Gasteiger partial charge on any atom is 0.307 e. The van der Waals surface area contributed by atoms with Gasteiger partial charge in [0.25, 0.3) is 0 Å². The molecule has 0 spiro atoms. The zero-order valence-electron chi connectivity index (χ0n) is 10.4. The van der Waals surface area contributed by atoms with Crippen LogP contribution in [0.3, 0.4) is 0 Å². The summed E-state index contributed by atoms with van der Waals surface area (Å²) in [6, 6.07) is 2.65. The van der Waals surface area contributed by atoms with Crippen molar-refractivity contribution in [2.45, 2.75) is 13.8 Å². The molecule has 0 saturated heterocycles. The number of hydrogen-bond donors (Lipinski definition) is 2. The van der Waals surface area contributed by atoms with Gasteiger partial charge in [-0.3, -0.25) is 9.59 Å². The van der Waals surface area contributed by atoms with Crippen LogP contribution in [0.4, 0.5) is 14.5 Å². The van der Waals surface area contributed by atoms with Gasteiger partial charge in [0, 0.05) is 11.8 Å². The number of amides is 1. The first kappa shape index (κ1) is 13.5. The number of carboxylic acids is 1. The van der Waals surface area contributed by atoms with Crippen LogP contribution in [0.2, 0.25) is 0 Å². The van der Waals surface area contributed by atoms with Crippen molar-refractivity contribution in [3.63, 3.8) is 0 Å². The highest BCUT2D eigenvalue weighted by molar-refractivity contribution is 5.99. The molecule has 1 aromatic rings. The summed E-state index contributed by atoms with van der Waals surface area (Å²) < 4.78 is 25.9. The molecule has 0 aromatic heterocycles. The summed E-state index contributed by atoms with van der Waals surface area (Å²) in [5, 5.41) is 11.3. The van der Waals surface area contributed by atoms with E-state index in [9.17, 15) is 18.4 Å². The van der Waals surface area contributed by atoms with Crippen molar-refractivity contribution in [3.05, 3.63) is 29.8 Å². The van der Waals surface area contributed by atoms with Crippen LogP contribution in [0.25, 0.3) is 0 Å². The summed E-state index contributed by atoms with van der Waals surface area (Å²) in [4.78, 5) is 22.9. The van der Waals surface area contributed by atoms with Crippen LogP contribution in [0, 0.1) is 28.9 Å². The number of benzene rings is 1. The molecule has 19 heavy (non-hydrogen) atoms. The van der Waals surface area contributed by atoms with Gasteiger partial charge in [-0.25, -0.2) is 8.78 Å². The monoisotopic (exact) mass is 269 g/mol. The Morgan fingerprint density at radius 2 is 1.68 bits per heavy atom. The second-order valence-corrected chi connectivity index (χ2v) is 5.26. The number of halogens is 2. The molecule has 2 atom stereocenters. The van der Waals surface area contributed by atoms with Crippen LogP contribution in [0.1, 0.15) is 13.8 Å². The van der Waals surface area contributed by atoms with E-state index >= 15 is 0 Å². The topological polar surface area (TPSA) is 66.4 Å². The lowest BCUT2D eigenvalue weighted by Crippen LogP contribution is -2.18. The molecule has 1 aromatic carbocycles. The van der Waals surface area contributed by atoms with Crippen LogP contribution < -0.4 is 5.32 Å². The van der Waals surface area contributed by atoms with Crippen molar-refractivity contribution >= 4 is 17.6 Å². The van der Waals surface area contributed by atoms with Gasteiger partial charge in [0.1, 0.15) is 11.6 Å². The minimum absolute atomic E-state index is 0.0191. The summed E-state index contributed by atoms with van der Waals surface area (Å²) in [6.45, 7) is 3.34. The Morgan fingerprint density at radius 1 is 1.16 bits per heavy atom. The molecule has 0 heterocycles. The molecular formula is C13H13F2NO3.